The number of amides is 1. The number of nitrogens with zero attached hydrogens (tertiary/aromatic N) is 1. The van der Waals surface area contributed by atoms with Gasteiger partial charge >= 0.3 is 0 Å². The molecule has 0 fully saturated rings. The quantitative estimate of drug-likeness (QED) is 0.705. The minimum Gasteiger partial charge on any atom is -0.484 e. The molecule has 0 radical (unpaired) electrons. The molecule has 136 valence electrons. The molecule has 1 N–H and O–H groups in total. The van der Waals surface area contributed by atoms with Crippen molar-refractivity contribution in [2.45, 2.75) is 25.5 Å². The predicted octanol–water partition coefficient (Wildman–Crippen LogP) is 2.11. The summed E-state index contributed by atoms with van der Waals surface area (Å²) in [6, 6.07) is 6.54. The van der Waals surface area contributed by atoms with Crippen molar-refractivity contribution in [1.29, 1.82) is 0 Å². The first-order valence-corrected chi connectivity index (χ1v) is 10.4. The number of rotatable bonds is 8. The van der Waals surface area contributed by atoms with Crippen LogP contribution >= 0.6 is 11.8 Å². The molecule has 0 saturated carbocycles. The van der Waals surface area contributed by atoms with Crippen molar-refractivity contribution in [2.75, 3.05) is 36.5 Å². The molecule has 0 saturated heterocycles. The van der Waals surface area contributed by atoms with Crippen LogP contribution < -0.4 is 14.4 Å². The fourth-order valence-corrected chi connectivity index (χ4v) is 3.01. The number of hydrogen-bond donors (Lipinski definition) is 1. The summed E-state index contributed by atoms with van der Waals surface area (Å²) < 4.78 is 29.7. The molecule has 0 unspecified atom stereocenters. The van der Waals surface area contributed by atoms with Gasteiger partial charge in [0.05, 0.1) is 11.9 Å². The molecule has 8 heteroatoms. The Morgan fingerprint density at radius 2 is 1.83 bits per heavy atom. The highest BCUT2D eigenvalue weighted by Gasteiger charge is 2.12. The first kappa shape index (κ1) is 20.6. The van der Waals surface area contributed by atoms with Crippen LogP contribution in [0, 0.1) is 0 Å². The summed E-state index contributed by atoms with van der Waals surface area (Å²) in [5.41, 5.74) is 0.536. The molecule has 0 aliphatic heterocycles. The zero-order valence-corrected chi connectivity index (χ0v) is 16.5. The molecule has 24 heavy (non-hydrogen) atoms. The van der Waals surface area contributed by atoms with Gasteiger partial charge in [-0.05, 0) is 24.3 Å². The van der Waals surface area contributed by atoms with E-state index in [2.05, 4.69) is 26.1 Å². The zero-order chi connectivity index (χ0) is 18.4. The Morgan fingerprint density at radius 3 is 2.33 bits per heavy atom. The maximum Gasteiger partial charge on any atom is 0.257 e. The number of nitrogens with one attached hydrogen (secondary N) is 1. The van der Waals surface area contributed by atoms with E-state index in [1.807, 2.05) is 0 Å². The molecule has 0 atom stereocenters. The third-order valence-electron chi connectivity index (χ3n) is 3.03. The van der Waals surface area contributed by atoms with Gasteiger partial charge in [0.25, 0.3) is 5.91 Å². The Bertz CT molecular complexity index is 637. The van der Waals surface area contributed by atoms with Crippen LogP contribution in [0.4, 0.5) is 5.69 Å². The highest BCUT2D eigenvalue weighted by molar-refractivity contribution is 8.00. The normalized spacial score (nSPS) is 11.9. The Morgan fingerprint density at radius 1 is 1.25 bits per heavy atom. The van der Waals surface area contributed by atoms with Crippen molar-refractivity contribution in [2.24, 2.45) is 0 Å². The molecule has 0 aliphatic rings. The van der Waals surface area contributed by atoms with Crippen molar-refractivity contribution >= 4 is 33.4 Å². The monoisotopic (exact) mass is 374 g/mol. The van der Waals surface area contributed by atoms with E-state index in [1.165, 1.54) is 11.4 Å². The number of benzene rings is 1. The topological polar surface area (TPSA) is 75.7 Å². The van der Waals surface area contributed by atoms with E-state index in [1.54, 1.807) is 36.0 Å². The van der Waals surface area contributed by atoms with Crippen molar-refractivity contribution in [3.8, 4) is 5.75 Å². The van der Waals surface area contributed by atoms with Crippen molar-refractivity contribution in [3.05, 3.63) is 24.3 Å². The number of sulfonamides is 1. The molecule has 1 amide bonds. The molecule has 6 nitrogen and oxygen atoms in total. The van der Waals surface area contributed by atoms with Gasteiger partial charge in [0.2, 0.25) is 10.0 Å². The predicted molar refractivity (Wildman–Crippen MR) is 100 cm³/mol. The molecular weight excluding hydrogens is 348 g/mol. The van der Waals surface area contributed by atoms with Gasteiger partial charge in [-0.15, -0.1) is 0 Å². The summed E-state index contributed by atoms with van der Waals surface area (Å²) in [7, 11) is -1.81. The van der Waals surface area contributed by atoms with E-state index in [0.29, 0.717) is 18.0 Å². The summed E-state index contributed by atoms with van der Waals surface area (Å²) in [5, 5.41) is 2.80. The lowest BCUT2D eigenvalue weighted by molar-refractivity contribution is -0.122. The van der Waals surface area contributed by atoms with Crippen LogP contribution in [0.1, 0.15) is 20.8 Å². The number of carbonyl (C=O) groups excluding carboxylic acids is 1. The van der Waals surface area contributed by atoms with Crippen LogP contribution in [-0.2, 0) is 14.8 Å². The first-order chi connectivity index (χ1) is 11.0. The van der Waals surface area contributed by atoms with Gasteiger partial charge in [0, 0.05) is 24.1 Å². The molecule has 0 aliphatic carbocycles. The molecule has 0 heterocycles. The Kier molecular flexibility index (Phi) is 7.41. The highest BCUT2D eigenvalue weighted by Crippen LogP contribution is 2.22. The van der Waals surface area contributed by atoms with Crippen LogP contribution in [-0.4, -0.2) is 51.3 Å². The lowest BCUT2D eigenvalue weighted by Gasteiger charge is -2.17. The summed E-state index contributed by atoms with van der Waals surface area (Å²) >= 11 is 1.79. The van der Waals surface area contributed by atoms with E-state index in [-0.39, 0.29) is 17.3 Å². The smallest absolute Gasteiger partial charge is 0.257 e. The van der Waals surface area contributed by atoms with Gasteiger partial charge in [-0.25, -0.2) is 8.42 Å². The maximum absolute atomic E-state index is 11.7. The van der Waals surface area contributed by atoms with Gasteiger partial charge in [-0.1, -0.05) is 20.8 Å². The van der Waals surface area contributed by atoms with Crippen molar-refractivity contribution in [1.82, 2.24) is 5.32 Å². The van der Waals surface area contributed by atoms with Crippen molar-refractivity contribution < 1.29 is 17.9 Å². The zero-order valence-electron chi connectivity index (χ0n) is 14.8. The van der Waals surface area contributed by atoms with Gasteiger partial charge in [-0.3, -0.25) is 9.10 Å². The Hall–Kier alpha value is -1.41. The molecule has 1 rings (SSSR count). The van der Waals surface area contributed by atoms with Crippen LogP contribution in [0.15, 0.2) is 24.3 Å². The SMILES string of the molecule is CN(c1ccc(OCC(=O)NCCSC(C)(C)C)cc1)S(C)(=O)=O. The lowest BCUT2D eigenvalue weighted by atomic mass is 10.3. The number of carbonyl (C=O) groups is 1. The lowest BCUT2D eigenvalue weighted by Crippen LogP contribution is -2.31. The van der Waals surface area contributed by atoms with Crippen molar-refractivity contribution in [3.63, 3.8) is 0 Å². The first-order valence-electron chi connectivity index (χ1n) is 7.56. The molecule has 0 bridgehead atoms. The van der Waals surface area contributed by atoms with Crippen LogP contribution in [0.2, 0.25) is 0 Å². The van der Waals surface area contributed by atoms with Gasteiger partial charge in [-0.2, -0.15) is 11.8 Å². The third-order valence-corrected chi connectivity index (χ3v) is 5.51. The average Bonchev–Trinajstić information content (AvgIpc) is 2.47. The molecule has 0 aromatic heterocycles. The summed E-state index contributed by atoms with van der Waals surface area (Å²) in [4.78, 5) is 11.7. The van der Waals surface area contributed by atoms with E-state index in [0.717, 1.165) is 12.0 Å². The van der Waals surface area contributed by atoms with E-state index in [4.69, 9.17) is 4.74 Å². The number of anilines is 1. The third kappa shape index (κ3) is 7.92. The number of ether oxygens (including phenoxy) is 1. The summed E-state index contributed by atoms with van der Waals surface area (Å²) in [6.07, 6.45) is 1.14. The van der Waals surface area contributed by atoms with Crippen LogP contribution in [0.3, 0.4) is 0 Å². The van der Waals surface area contributed by atoms with Gasteiger partial charge in [0.15, 0.2) is 6.61 Å². The average molecular weight is 375 g/mol. The molecular formula is C16H26N2O4S2. The Labute approximate surface area is 149 Å². The number of hydrogen-bond acceptors (Lipinski definition) is 5. The van der Waals surface area contributed by atoms with Crippen LogP contribution in [0.25, 0.3) is 0 Å². The molecule has 1 aromatic rings. The largest absolute Gasteiger partial charge is 0.484 e. The van der Waals surface area contributed by atoms with Gasteiger partial charge in [0.1, 0.15) is 5.75 Å². The van der Waals surface area contributed by atoms with E-state index < -0.39 is 10.0 Å². The Balaban J connectivity index is 2.39. The van der Waals surface area contributed by atoms with E-state index in [9.17, 15) is 13.2 Å². The second-order valence-electron chi connectivity index (χ2n) is 6.32. The summed E-state index contributed by atoms with van der Waals surface area (Å²) in [6.45, 7) is 6.93. The fraction of sp³-hybridized carbons (Fsp3) is 0.562. The maximum atomic E-state index is 11.7. The summed E-state index contributed by atoms with van der Waals surface area (Å²) in [5.74, 6) is 1.18. The standard InChI is InChI=1S/C16H26N2O4S2/c1-16(2,3)23-11-10-17-15(19)12-22-14-8-6-13(7-9-14)18(4)24(5,20)21/h6-9H,10-12H2,1-5H3,(H,17,19). The fourth-order valence-electron chi connectivity index (χ4n) is 1.69. The minimum absolute atomic E-state index is 0.0680. The van der Waals surface area contributed by atoms with Crippen LogP contribution in [0.5, 0.6) is 5.75 Å². The van der Waals surface area contributed by atoms with E-state index >= 15 is 0 Å². The minimum atomic E-state index is -3.29. The highest BCUT2D eigenvalue weighted by atomic mass is 32.2. The molecule has 0 spiro atoms. The second-order valence-corrected chi connectivity index (χ2v) is 10.3. The van der Waals surface area contributed by atoms with Gasteiger partial charge < -0.3 is 10.1 Å². The number of thioether (sulfide) groups is 1. The second kappa shape index (κ2) is 8.62. The molecule has 1 aromatic carbocycles.